The van der Waals surface area contributed by atoms with Crippen LogP contribution in [-0.4, -0.2) is 18.1 Å². The van der Waals surface area contributed by atoms with E-state index in [0.717, 1.165) is 18.7 Å². The molecule has 1 aromatic rings. The molecule has 0 amide bonds. The van der Waals surface area contributed by atoms with Gasteiger partial charge in [-0.1, -0.05) is 13.8 Å². The molecule has 1 aromatic heterocycles. The molecule has 0 aliphatic carbocycles. The summed E-state index contributed by atoms with van der Waals surface area (Å²) in [5.74, 6) is 0.805. The first-order chi connectivity index (χ1) is 7.63. The van der Waals surface area contributed by atoms with Gasteiger partial charge in [-0.3, -0.25) is 0 Å². The number of anilines is 2. The Morgan fingerprint density at radius 3 is 2.56 bits per heavy atom. The number of nitrogen functional groups attached to an aromatic ring is 1. The van der Waals surface area contributed by atoms with Crippen LogP contribution in [0.5, 0.6) is 0 Å². The molecule has 0 unspecified atom stereocenters. The monoisotopic (exact) mass is 218 g/mol. The van der Waals surface area contributed by atoms with E-state index in [-0.39, 0.29) is 0 Å². The lowest BCUT2D eigenvalue weighted by atomic mass is 10.1. The molecule has 1 rings (SSSR count). The maximum absolute atomic E-state index is 8.87. The average molecular weight is 218 g/mol. The van der Waals surface area contributed by atoms with Crippen molar-refractivity contribution < 1.29 is 0 Å². The van der Waals surface area contributed by atoms with E-state index >= 15 is 0 Å². The molecule has 0 bridgehead atoms. The van der Waals surface area contributed by atoms with Crippen LogP contribution in [0.1, 0.15) is 32.4 Å². The number of nitriles is 1. The van der Waals surface area contributed by atoms with Crippen LogP contribution in [0.4, 0.5) is 11.5 Å². The average Bonchev–Trinajstić information content (AvgIpc) is 2.31. The Balaban J connectivity index is 3.01. The van der Waals surface area contributed by atoms with Crippen molar-refractivity contribution in [2.45, 2.75) is 32.7 Å². The van der Waals surface area contributed by atoms with Crippen LogP contribution in [0.2, 0.25) is 0 Å². The Morgan fingerprint density at radius 2 is 2.06 bits per heavy atom. The Labute approximate surface area is 96.7 Å². The van der Waals surface area contributed by atoms with Crippen LogP contribution in [-0.2, 0) is 0 Å². The molecule has 0 spiro atoms. The number of nitrogens with two attached hydrogens (primary N) is 1. The standard InChI is InChI=1S/C12H18N4/c1-4-9(5-2)16(3)12-7-6-10(14)11(8-13)15-12/h6-7,9H,4-5,14H2,1-3H3. The number of nitrogens with zero attached hydrogens (tertiary/aromatic N) is 3. The maximum Gasteiger partial charge on any atom is 0.165 e. The first-order valence-corrected chi connectivity index (χ1v) is 5.53. The number of aromatic nitrogens is 1. The van der Waals surface area contributed by atoms with Gasteiger partial charge in [0.1, 0.15) is 11.9 Å². The molecule has 0 saturated heterocycles. The predicted molar refractivity (Wildman–Crippen MR) is 66.1 cm³/mol. The minimum Gasteiger partial charge on any atom is -0.396 e. The zero-order chi connectivity index (χ0) is 12.1. The van der Waals surface area contributed by atoms with E-state index in [9.17, 15) is 0 Å². The molecule has 0 saturated carbocycles. The van der Waals surface area contributed by atoms with Gasteiger partial charge in [0, 0.05) is 13.1 Å². The largest absolute Gasteiger partial charge is 0.396 e. The van der Waals surface area contributed by atoms with Gasteiger partial charge in [-0.25, -0.2) is 4.98 Å². The lowest BCUT2D eigenvalue weighted by Crippen LogP contribution is -2.31. The first kappa shape index (κ1) is 12.3. The minimum atomic E-state index is 0.301. The molecule has 16 heavy (non-hydrogen) atoms. The number of pyridine rings is 1. The number of rotatable bonds is 4. The third-order valence-electron chi connectivity index (χ3n) is 2.87. The quantitative estimate of drug-likeness (QED) is 0.841. The van der Waals surface area contributed by atoms with E-state index in [2.05, 4.69) is 23.7 Å². The molecule has 0 aliphatic heterocycles. The van der Waals surface area contributed by atoms with E-state index in [0.29, 0.717) is 17.4 Å². The molecule has 0 fully saturated rings. The summed E-state index contributed by atoms with van der Waals surface area (Å²) < 4.78 is 0. The van der Waals surface area contributed by atoms with Crippen LogP contribution in [0.25, 0.3) is 0 Å². The van der Waals surface area contributed by atoms with Crippen LogP contribution >= 0.6 is 0 Å². The molecule has 1 heterocycles. The summed E-state index contributed by atoms with van der Waals surface area (Å²) >= 11 is 0. The molecule has 0 aliphatic rings. The van der Waals surface area contributed by atoms with E-state index in [1.807, 2.05) is 19.2 Å². The van der Waals surface area contributed by atoms with Crippen molar-refractivity contribution in [1.82, 2.24) is 4.98 Å². The van der Waals surface area contributed by atoms with Crippen molar-refractivity contribution in [1.29, 1.82) is 5.26 Å². The summed E-state index contributed by atoms with van der Waals surface area (Å²) in [7, 11) is 2.00. The molecule has 4 heteroatoms. The SMILES string of the molecule is CCC(CC)N(C)c1ccc(N)c(C#N)n1. The second-order valence-corrected chi connectivity index (χ2v) is 3.80. The molecule has 2 N–H and O–H groups in total. The highest BCUT2D eigenvalue weighted by atomic mass is 15.2. The molecule has 0 radical (unpaired) electrons. The van der Waals surface area contributed by atoms with Crippen LogP contribution in [0.3, 0.4) is 0 Å². The van der Waals surface area contributed by atoms with Gasteiger partial charge in [-0.05, 0) is 25.0 Å². The number of hydrogen-bond acceptors (Lipinski definition) is 4. The van der Waals surface area contributed by atoms with Crippen LogP contribution in [0, 0.1) is 11.3 Å². The van der Waals surface area contributed by atoms with E-state index in [1.54, 1.807) is 6.07 Å². The van der Waals surface area contributed by atoms with Gasteiger partial charge < -0.3 is 10.6 Å². The maximum atomic E-state index is 8.87. The van der Waals surface area contributed by atoms with E-state index < -0.39 is 0 Å². The fourth-order valence-corrected chi connectivity index (χ4v) is 1.77. The molecular formula is C12H18N4. The van der Waals surface area contributed by atoms with Gasteiger partial charge in [0.05, 0.1) is 5.69 Å². The third-order valence-corrected chi connectivity index (χ3v) is 2.87. The normalized spacial score (nSPS) is 10.2. The molecule has 86 valence electrons. The fourth-order valence-electron chi connectivity index (χ4n) is 1.77. The smallest absolute Gasteiger partial charge is 0.165 e. The highest BCUT2D eigenvalue weighted by Crippen LogP contribution is 2.19. The van der Waals surface area contributed by atoms with Gasteiger partial charge in [-0.2, -0.15) is 5.26 Å². The Bertz CT molecular complexity index is 390. The van der Waals surface area contributed by atoms with Crippen molar-refractivity contribution >= 4 is 11.5 Å². The highest BCUT2D eigenvalue weighted by Gasteiger charge is 2.13. The highest BCUT2D eigenvalue weighted by molar-refractivity contribution is 5.55. The minimum absolute atomic E-state index is 0.301. The lowest BCUT2D eigenvalue weighted by Gasteiger charge is -2.27. The third kappa shape index (κ3) is 2.43. The van der Waals surface area contributed by atoms with Gasteiger partial charge >= 0.3 is 0 Å². The molecular weight excluding hydrogens is 200 g/mol. The Morgan fingerprint density at radius 1 is 1.44 bits per heavy atom. The summed E-state index contributed by atoms with van der Waals surface area (Å²) in [5.41, 5.74) is 6.37. The molecule has 4 nitrogen and oxygen atoms in total. The lowest BCUT2D eigenvalue weighted by molar-refractivity contribution is 0.587. The van der Waals surface area contributed by atoms with Crippen molar-refractivity contribution in [3.05, 3.63) is 17.8 Å². The van der Waals surface area contributed by atoms with Gasteiger partial charge in [0.15, 0.2) is 5.69 Å². The summed E-state index contributed by atoms with van der Waals surface area (Å²) in [4.78, 5) is 6.34. The Hall–Kier alpha value is -1.76. The zero-order valence-electron chi connectivity index (χ0n) is 10.1. The summed E-state index contributed by atoms with van der Waals surface area (Å²) in [6.45, 7) is 4.29. The topological polar surface area (TPSA) is 65.9 Å². The molecule has 0 atom stereocenters. The molecule has 0 aromatic carbocycles. The van der Waals surface area contributed by atoms with E-state index in [4.69, 9.17) is 11.0 Å². The van der Waals surface area contributed by atoms with Crippen molar-refractivity contribution in [2.75, 3.05) is 17.7 Å². The summed E-state index contributed by atoms with van der Waals surface area (Å²) in [5, 5.41) is 8.87. The second kappa shape index (κ2) is 5.36. The van der Waals surface area contributed by atoms with Gasteiger partial charge in [0.2, 0.25) is 0 Å². The zero-order valence-corrected chi connectivity index (χ0v) is 10.1. The number of hydrogen-bond donors (Lipinski definition) is 1. The van der Waals surface area contributed by atoms with Gasteiger partial charge in [-0.15, -0.1) is 0 Å². The van der Waals surface area contributed by atoms with Crippen molar-refractivity contribution in [3.8, 4) is 6.07 Å². The first-order valence-electron chi connectivity index (χ1n) is 5.53. The van der Waals surface area contributed by atoms with Gasteiger partial charge in [0.25, 0.3) is 0 Å². The van der Waals surface area contributed by atoms with Crippen molar-refractivity contribution in [2.24, 2.45) is 0 Å². The summed E-state index contributed by atoms with van der Waals surface area (Å²) in [6, 6.07) is 6.04. The predicted octanol–water partition coefficient (Wildman–Crippen LogP) is 2.16. The van der Waals surface area contributed by atoms with E-state index in [1.165, 1.54) is 0 Å². The van der Waals surface area contributed by atoms with Crippen LogP contribution in [0.15, 0.2) is 12.1 Å². The Kier molecular flexibility index (Phi) is 4.12. The summed E-state index contributed by atoms with van der Waals surface area (Å²) in [6.07, 6.45) is 2.11. The second-order valence-electron chi connectivity index (χ2n) is 3.80. The fraction of sp³-hybridized carbons (Fsp3) is 0.500. The van der Waals surface area contributed by atoms with Crippen molar-refractivity contribution in [3.63, 3.8) is 0 Å². The van der Waals surface area contributed by atoms with Crippen LogP contribution < -0.4 is 10.6 Å².